The van der Waals surface area contributed by atoms with E-state index in [4.69, 9.17) is 0 Å². The summed E-state index contributed by atoms with van der Waals surface area (Å²) in [7, 11) is 0. The van der Waals surface area contributed by atoms with E-state index in [1.54, 1.807) is 22.7 Å². The summed E-state index contributed by atoms with van der Waals surface area (Å²) in [5.74, 6) is 0.640. The number of rotatable bonds is 7. The molecule has 0 radical (unpaired) electrons. The molecule has 110 valence electrons. The largest absolute Gasteiger partial charge is 0.383 e. The van der Waals surface area contributed by atoms with Gasteiger partial charge in [-0.2, -0.15) is 0 Å². The summed E-state index contributed by atoms with van der Waals surface area (Å²) in [4.78, 5) is 6.66. The predicted octanol–water partition coefficient (Wildman–Crippen LogP) is 3.40. The number of thiazole rings is 1. The van der Waals surface area contributed by atoms with E-state index in [1.807, 2.05) is 30.6 Å². The van der Waals surface area contributed by atoms with Crippen LogP contribution < -0.4 is 5.32 Å². The zero-order valence-corrected chi connectivity index (χ0v) is 13.9. The topological polar surface area (TPSA) is 45.2 Å². The van der Waals surface area contributed by atoms with Crippen molar-refractivity contribution in [3.63, 3.8) is 0 Å². The Kier molecular flexibility index (Phi) is 5.32. The van der Waals surface area contributed by atoms with Gasteiger partial charge in [0.25, 0.3) is 0 Å². The van der Waals surface area contributed by atoms with Crippen LogP contribution in [0.2, 0.25) is 0 Å². The number of thiophene rings is 1. The lowest BCUT2D eigenvalue weighted by atomic mass is 10.1. The Bertz CT molecular complexity index is 518. The van der Waals surface area contributed by atoms with Crippen molar-refractivity contribution in [2.24, 2.45) is 5.92 Å². The van der Waals surface area contributed by atoms with Crippen LogP contribution >= 0.6 is 22.7 Å². The maximum atomic E-state index is 10.4. The first kappa shape index (κ1) is 15.6. The molecule has 2 rings (SSSR count). The molecule has 0 aromatic carbocycles. The Morgan fingerprint density at radius 3 is 2.90 bits per heavy atom. The van der Waals surface area contributed by atoms with Gasteiger partial charge < -0.3 is 10.4 Å². The normalized spacial score (nSPS) is 14.7. The first-order valence-corrected chi connectivity index (χ1v) is 8.57. The fourth-order valence-electron chi connectivity index (χ4n) is 1.97. The van der Waals surface area contributed by atoms with Crippen molar-refractivity contribution >= 4 is 22.7 Å². The van der Waals surface area contributed by atoms with Gasteiger partial charge in [-0.1, -0.05) is 19.9 Å². The van der Waals surface area contributed by atoms with Crippen LogP contribution in [0.25, 0.3) is 0 Å². The van der Waals surface area contributed by atoms with Gasteiger partial charge in [0.05, 0.1) is 5.01 Å². The summed E-state index contributed by atoms with van der Waals surface area (Å²) in [6.45, 7) is 7.57. The van der Waals surface area contributed by atoms with Gasteiger partial charge in [-0.25, -0.2) is 4.98 Å². The second-order valence-corrected chi connectivity index (χ2v) is 7.82. The van der Waals surface area contributed by atoms with Crippen molar-refractivity contribution in [1.29, 1.82) is 0 Å². The average molecular weight is 310 g/mol. The van der Waals surface area contributed by atoms with Crippen molar-refractivity contribution < 1.29 is 5.11 Å². The van der Waals surface area contributed by atoms with Gasteiger partial charge in [0, 0.05) is 35.5 Å². The zero-order chi connectivity index (χ0) is 14.6. The van der Waals surface area contributed by atoms with Gasteiger partial charge in [-0.3, -0.25) is 0 Å². The second-order valence-electron chi connectivity index (χ2n) is 5.67. The molecule has 2 N–H and O–H groups in total. The van der Waals surface area contributed by atoms with Crippen molar-refractivity contribution in [2.45, 2.75) is 39.3 Å². The highest BCUT2D eigenvalue weighted by molar-refractivity contribution is 7.11. The van der Waals surface area contributed by atoms with Crippen LogP contribution in [0.15, 0.2) is 23.7 Å². The monoisotopic (exact) mass is 310 g/mol. The molecule has 0 spiro atoms. The molecule has 3 nitrogen and oxygen atoms in total. The molecule has 0 bridgehead atoms. The van der Waals surface area contributed by atoms with E-state index in [2.05, 4.69) is 24.1 Å². The molecule has 2 aromatic rings. The average Bonchev–Trinajstić information content (AvgIpc) is 2.99. The van der Waals surface area contributed by atoms with Crippen molar-refractivity contribution in [2.75, 3.05) is 6.54 Å². The van der Waals surface area contributed by atoms with Gasteiger partial charge in [-0.05, 0) is 24.3 Å². The van der Waals surface area contributed by atoms with E-state index < -0.39 is 5.60 Å². The molecule has 2 heterocycles. The molecule has 2 aromatic heterocycles. The molecule has 0 aliphatic rings. The van der Waals surface area contributed by atoms with Gasteiger partial charge in [0.2, 0.25) is 0 Å². The zero-order valence-electron chi connectivity index (χ0n) is 12.2. The Labute approximate surface area is 128 Å². The molecule has 0 saturated carbocycles. The van der Waals surface area contributed by atoms with Crippen LogP contribution in [-0.2, 0) is 18.6 Å². The lowest BCUT2D eigenvalue weighted by Crippen LogP contribution is -2.34. The molecule has 1 atom stereocenters. The Balaban J connectivity index is 1.82. The van der Waals surface area contributed by atoms with Crippen LogP contribution in [0.4, 0.5) is 0 Å². The third-order valence-electron chi connectivity index (χ3n) is 3.00. The molecular weight excluding hydrogens is 288 g/mol. The number of nitrogens with zero attached hydrogens (tertiary/aromatic N) is 1. The van der Waals surface area contributed by atoms with Crippen LogP contribution in [0.5, 0.6) is 0 Å². The maximum Gasteiger partial charge on any atom is 0.108 e. The van der Waals surface area contributed by atoms with Gasteiger partial charge in [0.1, 0.15) is 5.60 Å². The molecule has 0 aliphatic heterocycles. The fraction of sp³-hybridized carbons (Fsp3) is 0.533. The minimum Gasteiger partial charge on any atom is -0.383 e. The molecule has 0 aliphatic carbocycles. The summed E-state index contributed by atoms with van der Waals surface area (Å²) in [5.41, 5.74) is -0.806. The predicted molar refractivity (Wildman–Crippen MR) is 86.3 cm³/mol. The summed E-state index contributed by atoms with van der Waals surface area (Å²) in [6, 6.07) is 3.94. The molecule has 20 heavy (non-hydrogen) atoms. The van der Waals surface area contributed by atoms with Gasteiger partial charge >= 0.3 is 0 Å². The number of nitrogens with one attached hydrogen (secondary N) is 1. The van der Waals surface area contributed by atoms with Crippen molar-refractivity contribution in [1.82, 2.24) is 10.3 Å². The van der Waals surface area contributed by atoms with E-state index in [0.717, 1.165) is 17.8 Å². The third-order valence-corrected chi connectivity index (χ3v) is 5.15. The minimum absolute atomic E-state index is 0.547. The van der Waals surface area contributed by atoms with Crippen LogP contribution in [0.1, 0.15) is 35.5 Å². The summed E-state index contributed by atoms with van der Waals surface area (Å²) >= 11 is 3.34. The first-order chi connectivity index (χ1) is 9.47. The minimum atomic E-state index is -0.806. The van der Waals surface area contributed by atoms with E-state index in [9.17, 15) is 5.11 Å². The molecular formula is C15H22N2OS2. The highest BCUT2D eigenvalue weighted by Crippen LogP contribution is 2.24. The number of hydrogen-bond donors (Lipinski definition) is 2. The number of hydrogen-bond acceptors (Lipinski definition) is 5. The van der Waals surface area contributed by atoms with Gasteiger partial charge in [0.15, 0.2) is 0 Å². The standard InChI is InChI=1S/C15H22N2OS2/c1-11(2)7-14-17-9-12(20-14)8-16-10-15(3,18)13-5-4-6-19-13/h4-6,9,11,16,18H,7-8,10H2,1-3H3. The molecule has 5 heteroatoms. The SMILES string of the molecule is CC(C)Cc1ncc(CNCC(C)(O)c2cccs2)s1. The van der Waals surface area contributed by atoms with Gasteiger partial charge in [-0.15, -0.1) is 22.7 Å². The van der Waals surface area contributed by atoms with E-state index in [0.29, 0.717) is 12.5 Å². The fourth-order valence-corrected chi connectivity index (χ4v) is 3.87. The molecule has 1 unspecified atom stereocenters. The summed E-state index contributed by atoms with van der Waals surface area (Å²) in [6.07, 6.45) is 2.98. The first-order valence-electron chi connectivity index (χ1n) is 6.88. The quantitative estimate of drug-likeness (QED) is 0.824. The smallest absolute Gasteiger partial charge is 0.108 e. The Morgan fingerprint density at radius 1 is 1.45 bits per heavy atom. The molecule has 0 amide bonds. The van der Waals surface area contributed by atoms with E-state index >= 15 is 0 Å². The van der Waals surface area contributed by atoms with Crippen LogP contribution in [-0.4, -0.2) is 16.6 Å². The Morgan fingerprint density at radius 2 is 2.25 bits per heavy atom. The highest BCUT2D eigenvalue weighted by Gasteiger charge is 2.23. The lowest BCUT2D eigenvalue weighted by Gasteiger charge is -2.22. The summed E-state index contributed by atoms with van der Waals surface area (Å²) < 4.78 is 0. The van der Waals surface area contributed by atoms with Crippen molar-refractivity contribution in [3.05, 3.63) is 38.5 Å². The third kappa shape index (κ3) is 4.38. The number of aromatic nitrogens is 1. The maximum absolute atomic E-state index is 10.4. The van der Waals surface area contributed by atoms with Crippen LogP contribution in [0, 0.1) is 5.92 Å². The highest BCUT2D eigenvalue weighted by atomic mass is 32.1. The van der Waals surface area contributed by atoms with Crippen LogP contribution in [0.3, 0.4) is 0 Å². The lowest BCUT2D eigenvalue weighted by molar-refractivity contribution is 0.0605. The van der Waals surface area contributed by atoms with E-state index in [1.165, 1.54) is 9.88 Å². The Hall–Kier alpha value is -0.750. The summed E-state index contributed by atoms with van der Waals surface area (Å²) in [5, 5.41) is 16.9. The molecule has 0 saturated heterocycles. The van der Waals surface area contributed by atoms with E-state index in [-0.39, 0.29) is 0 Å². The second kappa shape index (κ2) is 6.80. The molecule has 0 fully saturated rings. The number of aliphatic hydroxyl groups is 1. The van der Waals surface area contributed by atoms with Crippen molar-refractivity contribution in [3.8, 4) is 0 Å².